The number of hydrogen-bond donors (Lipinski definition) is 1. The summed E-state index contributed by atoms with van der Waals surface area (Å²) in [5.74, 6) is 0. The highest BCUT2D eigenvalue weighted by Crippen LogP contribution is 2.49. The van der Waals surface area contributed by atoms with E-state index in [0.717, 1.165) is 5.69 Å². The van der Waals surface area contributed by atoms with Crippen LogP contribution in [0.3, 0.4) is 0 Å². The van der Waals surface area contributed by atoms with E-state index in [1.807, 2.05) is 6.20 Å². The second-order valence-electron chi connectivity index (χ2n) is 2.99. The van der Waals surface area contributed by atoms with Gasteiger partial charge in [-0.05, 0) is 19.3 Å². The van der Waals surface area contributed by atoms with Gasteiger partial charge < -0.3 is 0 Å². The summed E-state index contributed by atoms with van der Waals surface area (Å²) in [4.78, 5) is 0. The quantitative estimate of drug-likeness (QED) is 0.666. The molecule has 1 saturated carbocycles. The smallest absolute Gasteiger partial charge is 0.0886 e. The largest absolute Gasteiger partial charge is 0.198 e. The topological polar surface area (TPSA) is 41.6 Å². The molecule has 0 amide bonds. The third-order valence-corrected chi connectivity index (χ3v) is 2.49. The summed E-state index contributed by atoms with van der Waals surface area (Å²) in [6.07, 6.45) is 5.61. The van der Waals surface area contributed by atoms with Gasteiger partial charge in [-0.25, -0.2) is 0 Å². The molecule has 1 aliphatic rings. The molecule has 0 atom stereocenters. The first kappa shape index (κ1) is 5.89. The van der Waals surface area contributed by atoms with E-state index in [1.165, 1.54) is 19.3 Å². The number of nitrogens with zero attached hydrogens (tertiary/aromatic N) is 2. The fraction of sp³-hybridized carbons (Fsp3) is 0.714. The molecule has 0 bridgehead atoms. The summed E-state index contributed by atoms with van der Waals surface area (Å²) >= 11 is 0. The summed E-state index contributed by atoms with van der Waals surface area (Å²) in [5, 5.41) is 10.5. The monoisotopic (exact) mass is 137 g/mol. The van der Waals surface area contributed by atoms with Gasteiger partial charge >= 0.3 is 0 Å². The zero-order valence-electron chi connectivity index (χ0n) is 6.09. The second-order valence-corrected chi connectivity index (χ2v) is 2.99. The van der Waals surface area contributed by atoms with Crippen LogP contribution in [-0.4, -0.2) is 15.4 Å². The summed E-state index contributed by atoms with van der Waals surface area (Å²) < 4.78 is 0. The number of H-pyrrole nitrogens is 1. The minimum absolute atomic E-state index is 0.410. The summed E-state index contributed by atoms with van der Waals surface area (Å²) in [7, 11) is 0. The molecule has 1 N–H and O–H groups in total. The molecule has 3 heteroatoms. The van der Waals surface area contributed by atoms with Gasteiger partial charge in [0.15, 0.2) is 0 Å². The molecule has 2 rings (SSSR count). The molecule has 3 nitrogen and oxygen atoms in total. The highest BCUT2D eigenvalue weighted by Gasteiger charge is 2.44. The van der Waals surface area contributed by atoms with Crippen LogP contribution in [0.4, 0.5) is 0 Å². The zero-order chi connectivity index (χ0) is 7.03. The number of hydrogen-bond acceptors (Lipinski definition) is 2. The van der Waals surface area contributed by atoms with Crippen LogP contribution in [0.15, 0.2) is 6.20 Å². The molecule has 1 fully saturated rings. The van der Waals surface area contributed by atoms with E-state index in [-0.39, 0.29) is 0 Å². The van der Waals surface area contributed by atoms with Crippen molar-refractivity contribution in [3.63, 3.8) is 0 Å². The molecule has 1 aromatic heterocycles. The number of rotatable bonds is 2. The predicted molar refractivity (Wildman–Crippen MR) is 37.6 cm³/mol. The average Bonchev–Trinajstić information content (AvgIpc) is 2.58. The van der Waals surface area contributed by atoms with E-state index in [9.17, 15) is 0 Å². The molecule has 0 unspecified atom stereocenters. The molecule has 0 aliphatic heterocycles. The van der Waals surface area contributed by atoms with Crippen molar-refractivity contribution < 1.29 is 0 Å². The van der Waals surface area contributed by atoms with Crippen LogP contribution in [0, 0.1) is 0 Å². The van der Waals surface area contributed by atoms with Crippen LogP contribution in [0.1, 0.15) is 31.9 Å². The third kappa shape index (κ3) is 0.664. The van der Waals surface area contributed by atoms with Crippen LogP contribution in [0.2, 0.25) is 0 Å². The van der Waals surface area contributed by atoms with Crippen LogP contribution >= 0.6 is 0 Å². The highest BCUT2D eigenvalue weighted by molar-refractivity contribution is 5.19. The third-order valence-electron chi connectivity index (χ3n) is 2.49. The Labute approximate surface area is 59.8 Å². The van der Waals surface area contributed by atoms with Gasteiger partial charge in [0, 0.05) is 5.41 Å². The number of aromatic amines is 1. The van der Waals surface area contributed by atoms with E-state index in [1.54, 1.807) is 0 Å². The maximum absolute atomic E-state index is 4.09. The molecule has 0 spiro atoms. The van der Waals surface area contributed by atoms with E-state index in [0.29, 0.717) is 5.41 Å². The standard InChI is InChI=1S/C7H11N3/c1-2-7(3-4-7)6-5-8-10-9-6/h5H,2-4H2,1H3,(H,8,9,10). The van der Waals surface area contributed by atoms with E-state index in [4.69, 9.17) is 0 Å². The summed E-state index contributed by atoms with van der Waals surface area (Å²) in [6.45, 7) is 2.21. The SMILES string of the molecule is CCC1(c2cn[nH]n2)CC1. The Hall–Kier alpha value is -0.860. The maximum Gasteiger partial charge on any atom is 0.0886 e. The number of nitrogens with one attached hydrogen (secondary N) is 1. The fourth-order valence-corrected chi connectivity index (χ4v) is 1.40. The van der Waals surface area contributed by atoms with Gasteiger partial charge in [-0.2, -0.15) is 15.4 Å². The Morgan fingerprint density at radius 2 is 2.50 bits per heavy atom. The van der Waals surface area contributed by atoms with Crippen molar-refractivity contribution in [3.05, 3.63) is 11.9 Å². The van der Waals surface area contributed by atoms with E-state index in [2.05, 4.69) is 22.3 Å². The summed E-state index contributed by atoms with van der Waals surface area (Å²) in [5.41, 5.74) is 1.56. The molecular weight excluding hydrogens is 126 g/mol. The first-order valence-corrected chi connectivity index (χ1v) is 3.74. The lowest BCUT2D eigenvalue weighted by Crippen LogP contribution is -2.04. The Morgan fingerprint density at radius 1 is 1.70 bits per heavy atom. The molecule has 0 aromatic carbocycles. The Bertz CT molecular complexity index is 211. The number of aromatic nitrogens is 3. The van der Waals surface area contributed by atoms with Crippen molar-refractivity contribution >= 4 is 0 Å². The lowest BCUT2D eigenvalue weighted by atomic mass is 10.0. The molecule has 10 heavy (non-hydrogen) atoms. The first-order valence-electron chi connectivity index (χ1n) is 3.74. The van der Waals surface area contributed by atoms with Crippen molar-refractivity contribution in [3.8, 4) is 0 Å². The van der Waals surface area contributed by atoms with Crippen molar-refractivity contribution in [2.75, 3.05) is 0 Å². The van der Waals surface area contributed by atoms with Crippen LogP contribution in [0.25, 0.3) is 0 Å². The van der Waals surface area contributed by atoms with E-state index >= 15 is 0 Å². The minimum atomic E-state index is 0.410. The highest BCUT2D eigenvalue weighted by atomic mass is 15.3. The Balaban J connectivity index is 2.27. The maximum atomic E-state index is 4.09. The summed E-state index contributed by atoms with van der Waals surface area (Å²) in [6, 6.07) is 0. The Morgan fingerprint density at radius 3 is 2.90 bits per heavy atom. The van der Waals surface area contributed by atoms with Gasteiger partial charge in [0.05, 0.1) is 11.9 Å². The lowest BCUT2D eigenvalue weighted by molar-refractivity contribution is 0.637. The van der Waals surface area contributed by atoms with E-state index < -0.39 is 0 Å². The first-order chi connectivity index (χ1) is 4.87. The van der Waals surface area contributed by atoms with Crippen molar-refractivity contribution in [2.24, 2.45) is 0 Å². The molecular formula is C7H11N3. The van der Waals surface area contributed by atoms with Gasteiger partial charge in [-0.3, -0.25) is 0 Å². The molecule has 54 valence electrons. The van der Waals surface area contributed by atoms with Crippen molar-refractivity contribution in [1.29, 1.82) is 0 Å². The van der Waals surface area contributed by atoms with Gasteiger partial charge in [0.25, 0.3) is 0 Å². The zero-order valence-corrected chi connectivity index (χ0v) is 6.09. The van der Waals surface area contributed by atoms with Crippen LogP contribution in [0.5, 0.6) is 0 Å². The molecule has 1 heterocycles. The lowest BCUT2D eigenvalue weighted by Gasteiger charge is -2.05. The predicted octanol–water partition coefficient (Wildman–Crippen LogP) is 1.25. The molecule has 0 radical (unpaired) electrons. The molecule has 1 aromatic rings. The Kier molecular flexibility index (Phi) is 1.07. The molecule has 1 aliphatic carbocycles. The van der Waals surface area contributed by atoms with Gasteiger partial charge in [-0.1, -0.05) is 6.92 Å². The van der Waals surface area contributed by atoms with Crippen LogP contribution in [-0.2, 0) is 5.41 Å². The van der Waals surface area contributed by atoms with Gasteiger partial charge in [0.2, 0.25) is 0 Å². The van der Waals surface area contributed by atoms with Crippen molar-refractivity contribution in [1.82, 2.24) is 15.4 Å². The van der Waals surface area contributed by atoms with Crippen molar-refractivity contribution in [2.45, 2.75) is 31.6 Å². The second kappa shape index (κ2) is 1.81. The molecule has 0 saturated heterocycles. The fourth-order valence-electron chi connectivity index (χ4n) is 1.40. The van der Waals surface area contributed by atoms with Crippen LogP contribution < -0.4 is 0 Å². The minimum Gasteiger partial charge on any atom is -0.198 e. The average molecular weight is 137 g/mol. The normalized spacial score (nSPS) is 20.9. The van der Waals surface area contributed by atoms with Gasteiger partial charge in [-0.15, -0.1) is 0 Å². The van der Waals surface area contributed by atoms with Gasteiger partial charge in [0.1, 0.15) is 0 Å².